The van der Waals surface area contributed by atoms with E-state index in [1.807, 2.05) is 0 Å². The summed E-state index contributed by atoms with van der Waals surface area (Å²) in [4.78, 5) is 26.5. The maximum atomic E-state index is 13.4. The predicted octanol–water partition coefficient (Wildman–Crippen LogP) is 0.781. The van der Waals surface area contributed by atoms with Gasteiger partial charge in [0.15, 0.2) is 9.84 Å². The Balaban J connectivity index is 2.80. The highest BCUT2D eigenvalue weighted by Gasteiger charge is 2.36. The summed E-state index contributed by atoms with van der Waals surface area (Å²) in [7, 11) is -2.45. The zero-order valence-electron chi connectivity index (χ0n) is 14.3. The van der Waals surface area contributed by atoms with Crippen molar-refractivity contribution in [2.24, 2.45) is 0 Å². The number of hydrogen-bond donors (Lipinski definition) is 2. The van der Waals surface area contributed by atoms with E-state index in [2.05, 4.69) is 4.98 Å². The Labute approximate surface area is 151 Å². The van der Waals surface area contributed by atoms with Crippen molar-refractivity contribution in [3.8, 4) is 0 Å². The topological polar surface area (TPSA) is 118 Å². The third-order valence-corrected chi connectivity index (χ3v) is 4.50. The number of benzene rings is 1. The fourth-order valence-electron chi connectivity index (χ4n) is 2.58. The lowest BCUT2D eigenvalue weighted by molar-refractivity contribution is -0.139. The van der Waals surface area contributed by atoms with Gasteiger partial charge in [-0.25, -0.2) is 17.8 Å². The van der Waals surface area contributed by atoms with Crippen molar-refractivity contribution in [3.05, 3.63) is 44.1 Å². The number of nitrogens with zero attached hydrogens (tertiary/aromatic N) is 1. The summed E-state index contributed by atoms with van der Waals surface area (Å²) in [6.45, 7) is -0.0273. The smallest absolute Gasteiger partial charge is 0.388 e. The van der Waals surface area contributed by atoms with Crippen LogP contribution in [0.4, 0.5) is 13.2 Å². The second-order valence-corrected chi connectivity index (χ2v) is 8.11. The largest absolute Gasteiger partial charge is 0.416 e. The quantitative estimate of drug-likeness (QED) is 0.727. The molecule has 0 radical (unpaired) electrons. The van der Waals surface area contributed by atoms with E-state index in [0.717, 1.165) is 12.3 Å². The van der Waals surface area contributed by atoms with Gasteiger partial charge in [-0.2, -0.15) is 13.2 Å². The number of H-pyrrole nitrogens is 1. The van der Waals surface area contributed by atoms with Crippen molar-refractivity contribution in [1.29, 1.82) is 0 Å². The standard InChI is InChI=1S/C15H17F3N2O6S/c1-26-4-3-12(21)8-5-9-11(6-10(8)15(16,17)18)19-14(23)20(13(9)22)7-27(2,24)25/h5-6,12,21H,3-4,7H2,1-2H3,(H,19,23). The summed E-state index contributed by atoms with van der Waals surface area (Å²) in [6.07, 6.45) is -5.79. The van der Waals surface area contributed by atoms with Crippen molar-refractivity contribution in [1.82, 2.24) is 9.55 Å². The molecule has 1 aromatic heterocycles. The number of fused-ring (bicyclic) bond motifs is 1. The third-order valence-electron chi connectivity index (χ3n) is 3.78. The fourth-order valence-corrected chi connectivity index (χ4v) is 3.28. The van der Waals surface area contributed by atoms with Crippen molar-refractivity contribution >= 4 is 20.7 Å². The second kappa shape index (κ2) is 7.44. The molecule has 1 aromatic carbocycles. The van der Waals surface area contributed by atoms with Crippen molar-refractivity contribution in [2.75, 3.05) is 20.0 Å². The number of hydrogen-bond acceptors (Lipinski definition) is 6. The summed E-state index contributed by atoms with van der Waals surface area (Å²) >= 11 is 0. The molecule has 1 atom stereocenters. The highest BCUT2D eigenvalue weighted by molar-refractivity contribution is 7.89. The minimum Gasteiger partial charge on any atom is -0.388 e. The van der Waals surface area contributed by atoms with E-state index in [4.69, 9.17) is 4.74 Å². The lowest BCUT2D eigenvalue weighted by Crippen LogP contribution is -2.37. The molecule has 0 saturated carbocycles. The minimum atomic E-state index is -4.85. The van der Waals surface area contributed by atoms with E-state index >= 15 is 0 Å². The molecule has 0 fully saturated rings. The number of rotatable bonds is 6. The van der Waals surface area contributed by atoms with E-state index in [1.54, 1.807) is 0 Å². The molecule has 0 aliphatic heterocycles. The van der Waals surface area contributed by atoms with E-state index < -0.39 is 55.9 Å². The number of aliphatic hydroxyl groups excluding tert-OH is 1. The molecule has 1 heterocycles. The summed E-state index contributed by atoms with van der Waals surface area (Å²) in [5, 5.41) is 9.75. The van der Waals surface area contributed by atoms with Crippen LogP contribution in [0.1, 0.15) is 23.7 Å². The van der Waals surface area contributed by atoms with Gasteiger partial charge in [-0.05, 0) is 17.7 Å². The van der Waals surface area contributed by atoms with Crippen LogP contribution in [0.3, 0.4) is 0 Å². The number of aromatic amines is 1. The molecule has 0 amide bonds. The number of nitrogens with one attached hydrogen (secondary N) is 1. The van der Waals surface area contributed by atoms with Crippen LogP contribution in [-0.2, 0) is 26.6 Å². The van der Waals surface area contributed by atoms with Gasteiger partial charge in [0.1, 0.15) is 5.88 Å². The SMILES string of the molecule is COCCC(O)c1cc2c(=O)n(CS(C)(=O)=O)c(=O)[nH]c2cc1C(F)(F)F. The van der Waals surface area contributed by atoms with Crippen molar-refractivity contribution in [3.63, 3.8) is 0 Å². The number of aromatic nitrogens is 2. The molecular weight excluding hydrogens is 393 g/mol. The molecule has 2 N–H and O–H groups in total. The molecule has 150 valence electrons. The number of ether oxygens (including phenoxy) is 1. The Morgan fingerprint density at radius 2 is 1.93 bits per heavy atom. The third kappa shape index (κ3) is 4.76. The maximum Gasteiger partial charge on any atom is 0.416 e. The number of sulfone groups is 1. The lowest BCUT2D eigenvalue weighted by Gasteiger charge is -2.18. The van der Waals surface area contributed by atoms with Gasteiger partial charge in [-0.1, -0.05) is 0 Å². The molecule has 8 nitrogen and oxygen atoms in total. The van der Waals surface area contributed by atoms with Crippen LogP contribution in [0.5, 0.6) is 0 Å². The molecule has 2 aromatic rings. The Hall–Kier alpha value is -2.18. The fraction of sp³-hybridized carbons (Fsp3) is 0.467. The first-order valence-electron chi connectivity index (χ1n) is 7.58. The Bertz CT molecular complexity index is 1070. The van der Waals surface area contributed by atoms with Gasteiger partial charge < -0.3 is 14.8 Å². The monoisotopic (exact) mass is 410 g/mol. The van der Waals surface area contributed by atoms with Crippen molar-refractivity contribution in [2.45, 2.75) is 24.6 Å². The molecule has 0 saturated heterocycles. The first-order valence-corrected chi connectivity index (χ1v) is 9.64. The second-order valence-electron chi connectivity index (χ2n) is 6.00. The molecule has 0 aliphatic rings. The summed E-state index contributed by atoms with van der Waals surface area (Å²) in [5.74, 6) is -0.931. The van der Waals surface area contributed by atoms with E-state index in [-0.39, 0.29) is 18.4 Å². The Morgan fingerprint density at radius 1 is 1.30 bits per heavy atom. The summed E-state index contributed by atoms with van der Waals surface area (Å²) in [6, 6.07) is 1.36. The highest BCUT2D eigenvalue weighted by Crippen LogP contribution is 2.37. The molecule has 1 unspecified atom stereocenters. The molecule has 27 heavy (non-hydrogen) atoms. The van der Waals surface area contributed by atoms with Crippen LogP contribution in [0.15, 0.2) is 21.7 Å². The number of methoxy groups -OCH3 is 1. The van der Waals surface area contributed by atoms with Crippen LogP contribution in [0.2, 0.25) is 0 Å². The molecule has 12 heteroatoms. The van der Waals surface area contributed by atoms with Gasteiger partial charge in [0.25, 0.3) is 5.56 Å². The van der Waals surface area contributed by atoms with Crippen LogP contribution in [0, 0.1) is 0 Å². The number of aliphatic hydroxyl groups is 1. The average molecular weight is 410 g/mol. The van der Waals surface area contributed by atoms with Gasteiger partial charge in [-0.3, -0.25) is 4.79 Å². The number of halogens is 3. The van der Waals surface area contributed by atoms with Gasteiger partial charge in [0.2, 0.25) is 0 Å². The molecule has 0 aliphatic carbocycles. The van der Waals surface area contributed by atoms with Gasteiger partial charge >= 0.3 is 11.9 Å². The van der Waals surface area contributed by atoms with Crippen LogP contribution >= 0.6 is 0 Å². The van der Waals surface area contributed by atoms with Gasteiger partial charge in [0, 0.05) is 26.4 Å². The number of alkyl halides is 3. The summed E-state index contributed by atoms with van der Waals surface area (Å²) in [5.41, 5.74) is -4.42. The summed E-state index contributed by atoms with van der Waals surface area (Å²) < 4.78 is 68.0. The van der Waals surface area contributed by atoms with Crippen LogP contribution < -0.4 is 11.2 Å². The van der Waals surface area contributed by atoms with E-state index in [0.29, 0.717) is 10.6 Å². The minimum absolute atomic E-state index is 0.0273. The molecule has 2 rings (SSSR count). The van der Waals surface area contributed by atoms with E-state index in [9.17, 15) is 36.3 Å². The molecule has 0 bridgehead atoms. The zero-order chi connectivity index (χ0) is 20.6. The van der Waals surface area contributed by atoms with E-state index in [1.165, 1.54) is 7.11 Å². The first-order chi connectivity index (χ1) is 12.3. The molecular formula is C15H17F3N2O6S. The lowest BCUT2D eigenvalue weighted by atomic mass is 9.97. The van der Waals surface area contributed by atoms with Crippen LogP contribution in [0.25, 0.3) is 10.9 Å². The average Bonchev–Trinajstić information content (AvgIpc) is 2.53. The maximum absolute atomic E-state index is 13.4. The Kier molecular flexibility index (Phi) is 5.82. The predicted molar refractivity (Wildman–Crippen MR) is 90.1 cm³/mol. The zero-order valence-corrected chi connectivity index (χ0v) is 15.1. The van der Waals surface area contributed by atoms with Crippen molar-refractivity contribution < 1.29 is 31.4 Å². The molecule has 0 spiro atoms. The van der Waals surface area contributed by atoms with Crippen LogP contribution in [-0.4, -0.2) is 43.0 Å². The van der Waals surface area contributed by atoms with Gasteiger partial charge in [-0.15, -0.1) is 0 Å². The first kappa shape index (κ1) is 21.1. The Morgan fingerprint density at radius 3 is 2.44 bits per heavy atom. The van der Waals surface area contributed by atoms with Gasteiger partial charge in [0.05, 0.1) is 22.6 Å². The highest BCUT2D eigenvalue weighted by atomic mass is 32.2. The normalized spacial score (nSPS) is 13.9.